The second kappa shape index (κ2) is 6.28. The second-order valence-electron chi connectivity index (χ2n) is 4.41. The maximum atomic E-state index is 11.5. The first-order valence-electron chi connectivity index (χ1n) is 6.12. The predicted octanol–water partition coefficient (Wildman–Crippen LogP) is 3.01. The number of primary amides is 1. The van der Waals surface area contributed by atoms with Crippen LogP contribution in [0.25, 0.3) is 0 Å². The molecule has 0 atom stereocenters. The van der Waals surface area contributed by atoms with Crippen molar-refractivity contribution in [1.82, 2.24) is 0 Å². The molecule has 7 heteroatoms. The van der Waals surface area contributed by atoms with Crippen LogP contribution in [-0.4, -0.2) is 11.7 Å². The minimum absolute atomic E-state index is 0.148. The summed E-state index contributed by atoms with van der Waals surface area (Å²) < 4.78 is 0.953. The molecule has 110 valence electrons. The fraction of sp³-hybridized carbons (Fsp3) is 0.143. The zero-order chi connectivity index (χ0) is 15.6. The highest BCUT2D eigenvalue weighted by atomic mass is 79.9. The minimum Gasteiger partial charge on any atom is -0.397 e. The number of hydrogen-bond donors (Lipinski definition) is 3. The van der Waals surface area contributed by atoms with Gasteiger partial charge in [0.15, 0.2) is 5.78 Å². The van der Waals surface area contributed by atoms with Crippen LogP contribution >= 0.6 is 27.3 Å². The molecule has 0 unspecified atom stereocenters. The lowest BCUT2D eigenvalue weighted by molar-refractivity contribution is 0.100. The van der Waals surface area contributed by atoms with Gasteiger partial charge in [0, 0.05) is 17.9 Å². The second-order valence-corrected chi connectivity index (χ2v) is 6.29. The van der Waals surface area contributed by atoms with Gasteiger partial charge in [-0.3, -0.25) is 9.59 Å². The summed E-state index contributed by atoms with van der Waals surface area (Å²) in [4.78, 5) is 23.4. The van der Waals surface area contributed by atoms with Crippen LogP contribution in [0.4, 0.5) is 10.7 Å². The maximum Gasteiger partial charge on any atom is 0.253 e. The molecule has 0 spiro atoms. The third-order valence-corrected chi connectivity index (χ3v) is 4.95. The Morgan fingerprint density at radius 1 is 1.33 bits per heavy atom. The van der Waals surface area contributed by atoms with Crippen molar-refractivity contribution in [2.24, 2.45) is 5.73 Å². The Hall–Kier alpha value is -1.86. The number of nitrogens with two attached hydrogens (primary N) is 2. The summed E-state index contributed by atoms with van der Waals surface area (Å²) in [5, 5.41) is 3.64. The Morgan fingerprint density at radius 3 is 2.57 bits per heavy atom. The number of nitrogen functional groups attached to an aromatic ring is 1. The van der Waals surface area contributed by atoms with Crippen molar-refractivity contribution in [3.05, 3.63) is 44.7 Å². The lowest BCUT2D eigenvalue weighted by Crippen LogP contribution is -2.15. The summed E-state index contributed by atoms with van der Waals surface area (Å²) in [6, 6.07) is 7.71. The number of halogens is 1. The van der Waals surface area contributed by atoms with Gasteiger partial charge >= 0.3 is 0 Å². The van der Waals surface area contributed by atoms with Crippen molar-refractivity contribution in [2.45, 2.75) is 13.5 Å². The van der Waals surface area contributed by atoms with Gasteiger partial charge in [-0.2, -0.15) is 0 Å². The van der Waals surface area contributed by atoms with Gasteiger partial charge in [-0.15, -0.1) is 11.3 Å². The van der Waals surface area contributed by atoms with Gasteiger partial charge in [-0.1, -0.05) is 34.1 Å². The standard InChI is InChI=1S/C14H14BrN3O2S/c1-7(19)12-11(16)10(13(17)20)14(21-12)18-6-8-4-2-3-5-9(8)15/h2-5,18H,6,16H2,1H3,(H2,17,20). The smallest absolute Gasteiger partial charge is 0.253 e. The average molecular weight is 368 g/mol. The molecule has 0 saturated carbocycles. The lowest BCUT2D eigenvalue weighted by atomic mass is 10.2. The van der Waals surface area contributed by atoms with Crippen molar-refractivity contribution in [3.63, 3.8) is 0 Å². The molecular formula is C14H14BrN3O2S. The third kappa shape index (κ3) is 3.25. The molecule has 1 aromatic carbocycles. The fourth-order valence-electron chi connectivity index (χ4n) is 1.89. The van der Waals surface area contributed by atoms with Crippen molar-refractivity contribution < 1.29 is 9.59 Å². The average Bonchev–Trinajstić information content (AvgIpc) is 2.75. The first-order chi connectivity index (χ1) is 9.91. The first-order valence-corrected chi connectivity index (χ1v) is 7.73. The number of nitrogens with one attached hydrogen (secondary N) is 1. The zero-order valence-corrected chi connectivity index (χ0v) is 13.7. The van der Waals surface area contributed by atoms with Crippen molar-refractivity contribution in [3.8, 4) is 0 Å². The van der Waals surface area contributed by atoms with E-state index in [-0.39, 0.29) is 17.0 Å². The van der Waals surface area contributed by atoms with E-state index in [1.165, 1.54) is 6.92 Å². The molecule has 1 aromatic heterocycles. The number of carbonyl (C=O) groups excluding carboxylic acids is 2. The van der Waals surface area contributed by atoms with Crippen molar-refractivity contribution in [1.29, 1.82) is 0 Å². The van der Waals surface area contributed by atoms with Crippen LogP contribution in [0.15, 0.2) is 28.7 Å². The predicted molar refractivity (Wildman–Crippen MR) is 88.7 cm³/mol. The molecule has 0 saturated heterocycles. The van der Waals surface area contributed by atoms with E-state index in [4.69, 9.17) is 11.5 Å². The minimum atomic E-state index is -0.647. The molecule has 5 N–H and O–H groups in total. The van der Waals surface area contributed by atoms with Gasteiger partial charge in [0.05, 0.1) is 16.1 Å². The SMILES string of the molecule is CC(=O)c1sc(NCc2ccccc2Br)c(C(N)=O)c1N. The van der Waals surface area contributed by atoms with Crippen LogP contribution in [0.3, 0.4) is 0 Å². The largest absolute Gasteiger partial charge is 0.397 e. The number of benzene rings is 1. The molecule has 1 amide bonds. The third-order valence-electron chi connectivity index (χ3n) is 2.91. The van der Waals surface area contributed by atoms with Crippen molar-refractivity contribution >= 4 is 49.6 Å². The number of hydrogen-bond acceptors (Lipinski definition) is 5. The first kappa shape index (κ1) is 15.5. The topological polar surface area (TPSA) is 98.2 Å². The van der Waals surface area contributed by atoms with E-state index in [1.54, 1.807) is 0 Å². The van der Waals surface area contributed by atoms with Crippen LogP contribution < -0.4 is 16.8 Å². The zero-order valence-electron chi connectivity index (χ0n) is 11.3. The molecule has 0 aliphatic carbocycles. The molecule has 2 rings (SSSR count). The number of Topliss-reactive ketones (excluding diaryl/α,β-unsaturated/α-hetero) is 1. The normalized spacial score (nSPS) is 10.4. The maximum absolute atomic E-state index is 11.5. The van der Waals surface area contributed by atoms with E-state index in [0.29, 0.717) is 16.4 Å². The monoisotopic (exact) mass is 367 g/mol. The van der Waals surface area contributed by atoms with Gasteiger partial charge in [-0.05, 0) is 11.6 Å². The molecule has 2 aromatic rings. The molecule has 21 heavy (non-hydrogen) atoms. The van der Waals surface area contributed by atoms with E-state index in [0.717, 1.165) is 21.4 Å². The molecule has 0 fully saturated rings. The Bertz CT molecular complexity index is 712. The number of amides is 1. The van der Waals surface area contributed by atoms with Gasteiger partial charge in [0.2, 0.25) is 0 Å². The molecular weight excluding hydrogens is 354 g/mol. The summed E-state index contributed by atoms with van der Waals surface area (Å²) >= 11 is 4.60. The van der Waals surface area contributed by atoms with E-state index in [1.807, 2.05) is 24.3 Å². The van der Waals surface area contributed by atoms with E-state index in [2.05, 4.69) is 21.2 Å². The van der Waals surface area contributed by atoms with Crippen LogP contribution in [0, 0.1) is 0 Å². The van der Waals surface area contributed by atoms with Gasteiger partial charge in [0.25, 0.3) is 5.91 Å². The lowest BCUT2D eigenvalue weighted by Gasteiger charge is -2.07. The van der Waals surface area contributed by atoms with Gasteiger partial charge in [-0.25, -0.2) is 0 Å². The highest BCUT2D eigenvalue weighted by Gasteiger charge is 2.22. The van der Waals surface area contributed by atoms with E-state index < -0.39 is 5.91 Å². The number of rotatable bonds is 5. The van der Waals surface area contributed by atoms with Crippen LogP contribution in [0.1, 0.15) is 32.5 Å². The molecule has 0 bridgehead atoms. The summed E-state index contributed by atoms with van der Waals surface area (Å²) in [5.41, 5.74) is 12.5. The van der Waals surface area contributed by atoms with Crippen LogP contribution in [0.2, 0.25) is 0 Å². The number of anilines is 2. The van der Waals surface area contributed by atoms with Gasteiger partial charge in [0.1, 0.15) is 5.00 Å². The number of ketones is 1. The molecule has 0 aliphatic heterocycles. The highest BCUT2D eigenvalue weighted by Crippen LogP contribution is 2.36. The summed E-state index contributed by atoms with van der Waals surface area (Å²) in [6.07, 6.45) is 0. The molecule has 5 nitrogen and oxygen atoms in total. The highest BCUT2D eigenvalue weighted by molar-refractivity contribution is 9.10. The van der Waals surface area contributed by atoms with E-state index >= 15 is 0 Å². The quantitative estimate of drug-likeness (QED) is 0.707. The Morgan fingerprint density at radius 2 is 2.00 bits per heavy atom. The van der Waals surface area contributed by atoms with Crippen LogP contribution in [0.5, 0.6) is 0 Å². The summed E-state index contributed by atoms with van der Waals surface area (Å²) in [5.74, 6) is -0.834. The van der Waals surface area contributed by atoms with E-state index in [9.17, 15) is 9.59 Å². The Labute approximate surface area is 134 Å². The van der Waals surface area contributed by atoms with Crippen LogP contribution in [-0.2, 0) is 6.54 Å². The van der Waals surface area contributed by atoms with Gasteiger partial charge < -0.3 is 16.8 Å². The molecule has 0 aliphatic rings. The number of carbonyl (C=O) groups is 2. The Kier molecular flexibility index (Phi) is 4.64. The Balaban J connectivity index is 2.32. The molecule has 0 radical (unpaired) electrons. The fourth-order valence-corrected chi connectivity index (χ4v) is 3.33. The summed E-state index contributed by atoms with van der Waals surface area (Å²) in [6.45, 7) is 1.89. The van der Waals surface area contributed by atoms with Crippen molar-refractivity contribution in [2.75, 3.05) is 11.1 Å². The summed E-state index contributed by atoms with van der Waals surface area (Å²) in [7, 11) is 0. The number of thiophene rings is 1. The molecule has 1 heterocycles.